The Balaban J connectivity index is 1.92. The molecule has 1 aromatic heterocycles. The molecule has 0 fully saturated rings. The van der Waals surface area contributed by atoms with E-state index in [0.29, 0.717) is 0 Å². The summed E-state index contributed by atoms with van der Waals surface area (Å²) in [4.78, 5) is 7.71. The first-order chi connectivity index (χ1) is 13.9. The molecule has 0 saturated heterocycles. The molecular formula is C25H20N2P+. The topological polar surface area (TPSA) is 28.7 Å². The van der Waals surface area contributed by atoms with Gasteiger partial charge in [0.15, 0.2) is 0 Å². The van der Waals surface area contributed by atoms with E-state index in [1.807, 2.05) is 0 Å². The summed E-state index contributed by atoms with van der Waals surface area (Å²) in [5, 5.41) is 5.39. The maximum atomic E-state index is 4.42. The molecule has 0 radical (unpaired) electrons. The van der Waals surface area contributed by atoms with Crippen LogP contribution >= 0.6 is 7.26 Å². The molecular weight excluding hydrogens is 359 g/mol. The standard InChI is InChI=1S/C25H20N2P/c1-4-10-20(11-5-1)28(21-12-6-2-7-13-21,22-14-8-3-9-15-22)23-16-17-24-25(18-23)27-19-26-24/h1-19H,(H,26,27)/q+1. The first-order valence-electron chi connectivity index (χ1n) is 9.38. The average Bonchev–Trinajstić information content (AvgIpc) is 3.25. The fourth-order valence-electron chi connectivity index (χ4n) is 3.98. The summed E-state index contributed by atoms with van der Waals surface area (Å²) in [6, 6.07) is 39.4. The zero-order valence-corrected chi connectivity index (χ0v) is 16.3. The maximum Gasteiger partial charge on any atom is 0.144 e. The second-order valence-electron chi connectivity index (χ2n) is 6.78. The van der Waals surface area contributed by atoms with Crippen LogP contribution in [0.15, 0.2) is 116 Å². The van der Waals surface area contributed by atoms with Crippen molar-refractivity contribution in [1.82, 2.24) is 9.97 Å². The Morgan fingerprint density at radius 1 is 0.536 bits per heavy atom. The number of nitrogens with one attached hydrogen (secondary N) is 1. The lowest BCUT2D eigenvalue weighted by atomic mass is 10.3. The fraction of sp³-hybridized carbons (Fsp3) is 0. The van der Waals surface area contributed by atoms with Crippen LogP contribution in [0, 0.1) is 0 Å². The van der Waals surface area contributed by atoms with Crippen LogP contribution in [0.5, 0.6) is 0 Å². The minimum atomic E-state index is -2.03. The second-order valence-corrected chi connectivity index (χ2v) is 10.2. The second kappa shape index (κ2) is 7.07. The zero-order chi connectivity index (χ0) is 18.8. The number of aromatic nitrogens is 2. The number of nitrogens with zero attached hydrogens (tertiary/aromatic N) is 1. The zero-order valence-electron chi connectivity index (χ0n) is 15.4. The molecule has 0 amide bonds. The fourth-order valence-corrected chi connectivity index (χ4v) is 8.25. The van der Waals surface area contributed by atoms with E-state index in [2.05, 4.69) is 119 Å². The summed E-state index contributed by atoms with van der Waals surface area (Å²) in [7, 11) is -2.03. The number of aromatic amines is 1. The van der Waals surface area contributed by atoms with E-state index in [9.17, 15) is 0 Å². The molecule has 1 heterocycles. The van der Waals surface area contributed by atoms with Crippen LogP contribution in [-0.2, 0) is 0 Å². The van der Waals surface area contributed by atoms with Crippen LogP contribution in [0.1, 0.15) is 0 Å². The Kier molecular flexibility index (Phi) is 4.27. The molecule has 0 aliphatic rings. The summed E-state index contributed by atoms with van der Waals surface area (Å²) in [5.74, 6) is 0. The van der Waals surface area contributed by atoms with E-state index in [-0.39, 0.29) is 0 Å². The molecule has 5 aromatic rings. The van der Waals surface area contributed by atoms with Gasteiger partial charge in [0, 0.05) is 6.07 Å². The molecule has 28 heavy (non-hydrogen) atoms. The molecule has 0 aliphatic carbocycles. The predicted octanol–water partition coefficient (Wildman–Crippen LogP) is 4.18. The van der Waals surface area contributed by atoms with Gasteiger partial charge in [0.1, 0.15) is 28.5 Å². The molecule has 0 spiro atoms. The average molecular weight is 379 g/mol. The third kappa shape index (κ3) is 2.66. The monoisotopic (exact) mass is 379 g/mol. The van der Waals surface area contributed by atoms with Crippen molar-refractivity contribution in [3.05, 3.63) is 116 Å². The Morgan fingerprint density at radius 2 is 1.04 bits per heavy atom. The Labute approximate surface area is 165 Å². The van der Waals surface area contributed by atoms with Gasteiger partial charge in [0.05, 0.1) is 17.4 Å². The molecule has 4 aromatic carbocycles. The highest BCUT2D eigenvalue weighted by molar-refractivity contribution is 8.01. The van der Waals surface area contributed by atoms with Gasteiger partial charge in [-0.15, -0.1) is 0 Å². The van der Waals surface area contributed by atoms with Crippen LogP contribution in [0.4, 0.5) is 0 Å². The number of rotatable bonds is 4. The van der Waals surface area contributed by atoms with E-state index >= 15 is 0 Å². The summed E-state index contributed by atoms with van der Waals surface area (Å²) >= 11 is 0. The number of hydrogen-bond acceptors (Lipinski definition) is 1. The SMILES string of the molecule is c1ccc([P+](c2ccccc2)(c2ccccc2)c2ccc3nc[nH]c3c2)cc1. The van der Waals surface area contributed by atoms with Crippen LogP contribution < -0.4 is 21.2 Å². The third-order valence-corrected chi connectivity index (χ3v) is 9.49. The normalized spacial score (nSPS) is 11.6. The smallest absolute Gasteiger partial charge is 0.144 e. The van der Waals surface area contributed by atoms with Crippen LogP contribution in [0.2, 0.25) is 0 Å². The highest BCUT2D eigenvalue weighted by Gasteiger charge is 2.47. The van der Waals surface area contributed by atoms with Crippen LogP contribution in [0.25, 0.3) is 11.0 Å². The number of H-pyrrole nitrogens is 1. The Bertz CT molecular complexity index is 1100. The van der Waals surface area contributed by atoms with Gasteiger partial charge in [0.2, 0.25) is 0 Å². The summed E-state index contributed by atoms with van der Waals surface area (Å²) in [6.45, 7) is 0. The number of imidazole rings is 1. The summed E-state index contributed by atoms with van der Waals surface area (Å²) in [6.07, 6.45) is 1.77. The molecule has 3 heteroatoms. The van der Waals surface area contributed by atoms with E-state index in [4.69, 9.17) is 0 Å². The molecule has 1 N–H and O–H groups in total. The van der Waals surface area contributed by atoms with Crippen molar-refractivity contribution in [2.24, 2.45) is 0 Å². The Hall–Kier alpha value is -3.22. The van der Waals surface area contributed by atoms with E-state index in [0.717, 1.165) is 11.0 Å². The van der Waals surface area contributed by atoms with Crippen molar-refractivity contribution in [2.45, 2.75) is 0 Å². The van der Waals surface area contributed by atoms with Crippen molar-refractivity contribution >= 4 is 39.5 Å². The highest BCUT2D eigenvalue weighted by Crippen LogP contribution is 2.54. The van der Waals surface area contributed by atoms with Gasteiger partial charge < -0.3 is 4.98 Å². The molecule has 0 bridgehead atoms. The van der Waals surface area contributed by atoms with Crippen LogP contribution in [0.3, 0.4) is 0 Å². The van der Waals surface area contributed by atoms with E-state index in [1.165, 1.54) is 21.2 Å². The summed E-state index contributed by atoms with van der Waals surface area (Å²) in [5.41, 5.74) is 2.07. The van der Waals surface area contributed by atoms with Gasteiger partial charge in [-0.3, -0.25) is 0 Å². The van der Waals surface area contributed by atoms with Crippen molar-refractivity contribution < 1.29 is 0 Å². The maximum absolute atomic E-state index is 4.42. The van der Waals surface area contributed by atoms with Crippen molar-refractivity contribution in [2.75, 3.05) is 0 Å². The molecule has 5 rings (SSSR count). The largest absolute Gasteiger partial charge is 0.344 e. The quantitative estimate of drug-likeness (QED) is 0.466. The van der Waals surface area contributed by atoms with Gasteiger partial charge in [0.25, 0.3) is 0 Å². The highest BCUT2D eigenvalue weighted by atomic mass is 31.2. The van der Waals surface area contributed by atoms with Gasteiger partial charge in [-0.05, 0) is 48.5 Å². The van der Waals surface area contributed by atoms with Gasteiger partial charge >= 0.3 is 0 Å². The van der Waals surface area contributed by atoms with Gasteiger partial charge in [-0.25, -0.2) is 4.98 Å². The number of fused-ring (bicyclic) bond motifs is 1. The van der Waals surface area contributed by atoms with Gasteiger partial charge in [-0.1, -0.05) is 54.6 Å². The molecule has 0 unspecified atom stereocenters. The first kappa shape index (κ1) is 16.9. The van der Waals surface area contributed by atoms with Crippen LogP contribution in [-0.4, -0.2) is 9.97 Å². The number of benzene rings is 4. The van der Waals surface area contributed by atoms with Crippen molar-refractivity contribution in [3.63, 3.8) is 0 Å². The first-order valence-corrected chi connectivity index (χ1v) is 11.2. The molecule has 0 saturated carbocycles. The van der Waals surface area contributed by atoms with Crippen molar-refractivity contribution in [1.29, 1.82) is 0 Å². The lowest BCUT2D eigenvalue weighted by molar-refractivity contribution is 1.34. The molecule has 0 atom stereocenters. The molecule has 2 nitrogen and oxygen atoms in total. The molecule has 134 valence electrons. The van der Waals surface area contributed by atoms with Crippen molar-refractivity contribution in [3.8, 4) is 0 Å². The minimum absolute atomic E-state index is 0.996. The lowest BCUT2D eigenvalue weighted by Crippen LogP contribution is -2.38. The lowest BCUT2D eigenvalue weighted by Gasteiger charge is -2.27. The molecule has 0 aliphatic heterocycles. The minimum Gasteiger partial charge on any atom is -0.344 e. The number of hydrogen-bond donors (Lipinski definition) is 1. The summed E-state index contributed by atoms with van der Waals surface area (Å²) < 4.78 is 0. The Morgan fingerprint density at radius 3 is 1.54 bits per heavy atom. The third-order valence-electron chi connectivity index (χ3n) is 5.22. The van der Waals surface area contributed by atoms with E-state index in [1.54, 1.807) is 6.33 Å². The van der Waals surface area contributed by atoms with Gasteiger partial charge in [-0.2, -0.15) is 0 Å². The van der Waals surface area contributed by atoms with E-state index < -0.39 is 7.26 Å². The predicted molar refractivity (Wildman–Crippen MR) is 121 cm³/mol.